The van der Waals surface area contributed by atoms with E-state index in [0.29, 0.717) is 53.7 Å². The van der Waals surface area contributed by atoms with Gasteiger partial charge in [-0.3, -0.25) is 4.79 Å². The number of hydrogen-bond donors (Lipinski definition) is 1. The Morgan fingerprint density at radius 3 is 2.13 bits per heavy atom. The molecule has 0 spiro atoms. The van der Waals surface area contributed by atoms with Gasteiger partial charge < -0.3 is 23.9 Å². The first kappa shape index (κ1) is 23.9. The fourth-order valence-electron chi connectivity index (χ4n) is 2.79. The summed E-state index contributed by atoms with van der Waals surface area (Å²) in [6, 6.07) is 3.77. The first-order chi connectivity index (χ1) is 14.6. The highest BCUT2D eigenvalue weighted by atomic mass is 32.2. The Labute approximate surface area is 182 Å². The molecule has 1 heterocycles. The van der Waals surface area contributed by atoms with Crippen molar-refractivity contribution in [3.05, 3.63) is 12.1 Å². The molecule has 8 nitrogen and oxygen atoms in total. The van der Waals surface area contributed by atoms with Crippen molar-refractivity contribution < 1.29 is 23.4 Å². The average molecular weight is 438 g/mol. The van der Waals surface area contributed by atoms with Crippen molar-refractivity contribution in [3.8, 4) is 28.7 Å². The first-order valence-electron chi connectivity index (χ1n) is 10.4. The van der Waals surface area contributed by atoms with Crippen LogP contribution in [0.3, 0.4) is 0 Å². The summed E-state index contributed by atoms with van der Waals surface area (Å²) in [5, 5.41) is 11.5. The van der Waals surface area contributed by atoms with Crippen LogP contribution in [0.1, 0.15) is 47.5 Å². The van der Waals surface area contributed by atoms with Crippen LogP contribution in [-0.2, 0) is 4.79 Å². The monoisotopic (exact) mass is 437 g/mol. The number of benzene rings is 1. The number of rotatable bonds is 13. The zero-order valence-corrected chi connectivity index (χ0v) is 19.1. The molecule has 0 saturated carbocycles. The van der Waals surface area contributed by atoms with Crippen LogP contribution in [0.25, 0.3) is 11.5 Å². The number of nitrogens with zero attached hydrogens (tertiary/aromatic N) is 2. The van der Waals surface area contributed by atoms with Crippen molar-refractivity contribution in [2.75, 3.05) is 25.6 Å². The molecule has 1 amide bonds. The molecule has 9 heteroatoms. The molecule has 0 unspecified atom stereocenters. The summed E-state index contributed by atoms with van der Waals surface area (Å²) < 4.78 is 22.9. The Bertz CT molecular complexity index is 781. The minimum absolute atomic E-state index is 0.0493. The van der Waals surface area contributed by atoms with E-state index in [-0.39, 0.29) is 17.7 Å². The van der Waals surface area contributed by atoms with Gasteiger partial charge in [-0.25, -0.2) is 0 Å². The average Bonchev–Trinajstić information content (AvgIpc) is 3.22. The minimum Gasteiger partial charge on any atom is -0.490 e. The van der Waals surface area contributed by atoms with Crippen molar-refractivity contribution in [2.45, 2.75) is 58.7 Å². The molecule has 30 heavy (non-hydrogen) atoms. The molecule has 1 aromatic carbocycles. The number of hydrogen-bond acceptors (Lipinski definition) is 8. The molecule has 1 aromatic heterocycles. The Hall–Kier alpha value is -2.42. The lowest BCUT2D eigenvalue weighted by molar-refractivity contribution is -0.119. The molecule has 2 rings (SSSR count). The molecule has 166 valence electrons. The van der Waals surface area contributed by atoms with E-state index >= 15 is 0 Å². The van der Waals surface area contributed by atoms with Crippen LogP contribution in [0.2, 0.25) is 0 Å². The summed E-state index contributed by atoms with van der Waals surface area (Å²) in [6.07, 6.45) is 1.80. The zero-order valence-electron chi connectivity index (χ0n) is 18.3. The summed E-state index contributed by atoms with van der Waals surface area (Å²) in [6.45, 7) is 11.2. The molecule has 0 radical (unpaired) electrons. The van der Waals surface area contributed by atoms with Gasteiger partial charge in [-0.1, -0.05) is 25.6 Å². The molecule has 2 aromatic rings. The van der Waals surface area contributed by atoms with Crippen LogP contribution >= 0.6 is 11.8 Å². The van der Waals surface area contributed by atoms with Crippen LogP contribution in [-0.4, -0.2) is 47.7 Å². The number of nitrogens with one attached hydrogen (secondary N) is 1. The predicted molar refractivity (Wildman–Crippen MR) is 116 cm³/mol. The topological polar surface area (TPSA) is 95.7 Å². The van der Waals surface area contributed by atoms with E-state index in [2.05, 4.69) is 29.4 Å². The van der Waals surface area contributed by atoms with E-state index in [1.54, 1.807) is 12.1 Å². The van der Waals surface area contributed by atoms with Crippen molar-refractivity contribution >= 4 is 17.7 Å². The van der Waals surface area contributed by atoms with Crippen molar-refractivity contribution in [3.63, 3.8) is 0 Å². The van der Waals surface area contributed by atoms with Crippen molar-refractivity contribution in [2.24, 2.45) is 0 Å². The number of ether oxygens (including phenoxy) is 3. The Morgan fingerprint density at radius 1 is 1.00 bits per heavy atom. The van der Waals surface area contributed by atoms with Crippen molar-refractivity contribution in [1.29, 1.82) is 0 Å². The number of amides is 1. The number of carbonyl (C=O) groups is 1. The van der Waals surface area contributed by atoms with E-state index in [4.69, 9.17) is 18.6 Å². The van der Waals surface area contributed by atoms with Gasteiger partial charge in [0.15, 0.2) is 11.5 Å². The van der Waals surface area contributed by atoms with Gasteiger partial charge in [0.2, 0.25) is 17.5 Å². The largest absolute Gasteiger partial charge is 0.490 e. The van der Waals surface area contributed by atoms with Gasteiger partial charge in [0, 0.05) is 11.6 Å². The van der Waals surface area contributed by atoms with Gasteiger partial charge in [-0.2, -0.15) is 0 Å². The Balaban J connectivity index is 2.17. The molecule has 0 aliphatic heterocycles. The fraction of sp³-hybridized carbons (Fsp3) is 0.571. The third-order valence-corrected chi connectivity index (χ3v) is 5.06. The van der Waals surface area contributed by atoms with E-state index < -0.39 is 0 Å². The predicted octanol–water partition coefficient (Wildman–Crippen LogP) is 4.33. The second kappa shape index (κ2) is 12.3. The number of thioether (sulfide) groups is 1. The number of carbonyl (C=O) groups excluding carboxylic acids is 1. The molecule has 0 atom stereocenters. The third-order valence-electron chi connectivity index (χ3n) is 4.24. The van der Waals surface area contributed by atoms with Crippen LogP contribution in [0.4, 0.5) is 0 Å². The second-order valence-corrected chi connectivity index (χ2v) is 7.27. The third kappa shape index (κ3) is 6.55. The van der Waals surface area contributed by atoms with Crippen LogP contribution in [0, 0.1) is 0 Å². The van der Waals surface area contributed by atoms with Gasteiger partial charge in [-0.05, 0) is 45.7 Å². The normalized spacial score (nSPS) is 10.9. The molecule has 1 N–H and O–H groups in total. The Kier molecular flexibility index (Phi) is 9.79. The lowest BCUT2D eigenvalue weighted by atomic mass is 10.2. The minimum atomic E-state index is -0.0493. The summed E-state index contributed by atoms with van der Waals surface area (Å²) in [4.78, 5) is 12.1. The Morgan fingerprint density at radius 2 is 1.60 bits per heavy atom. The van der Waals surface area contributed by atoms with Gasteiger partial charge in [-0.15, -0.1) is 10.2 Å². The lowest BCUT2D eigenvalue weighted by Crippen LogP contribution is -2.34. The van der Waals surface area contributed by atoms with E-state index in [0.717, 1.165) is 12.8 Å². The molecule has 0 bridgehead atoms. The van der Waals surface area contributed by atoms with E-state index in [1.807, 2.05) is 20.8 Å². The molecule has 0 aliphatic rings. The van der Waals surface area contributed by atoms with Gasteiger partial charge in [0.25, 0.3) is 5.22 Å². The highest BCUT2D eigenvalue weighted by Crippen LogP contribution is 2.42. The molecular formula is C21H31N3O5S. The van der Waals surface area contributed by atoms with Crippen LogP contribution in [0.15, 0.2) is 21.8 Å². The summed E-state index contributed by atoms with van der Waals surface area (Å²) in [5.74, 6) is 2.15. The van der Waals surface area contributed by atoms with E-state index in [9.17, 15) is 4.79 Å². The smallest absolute Gasteiger partial charge is 0.277 e. The summed E-state index contributed by atoms with van der Waals surface area (Å²) in [5.41, 5.74) is 0.659. The molecule has 0 saturated heterocycles. The maximum atomic E-state index is 12.1. The van der Waals surface area contributed by atoms with Crippen LogP contribution < -0.4 is 19.5 Å². The highest BCUT2D eigenvalue weighted by Gasteiger charge is 2.19. The number of aromatic nitrogens is 2. The lowest BCUT2D eigenvalue weighted by Gasteiger charge is -2.16. The van der Waals surface area contributed by atoms with Crippen LogP contribution in [0.5, 0.6) is 17.2 Å². The quantitative estimate of drug-likeness (QED) is 0.463. The second-order valence-electron chi connectivity index (χ2n) is 6.34. The fourth-order valence-corrected chi connectivity index (χ4v) is 3.36. The molecule has 0 fully saturated rings. The standard InChI is InChI=1S/C21H31N3O5S/c1-6-15(7-2)22-18(25)13-30-21-24-23-20(29-21)14-11-16(26-8-3)19(28-10-5)17(12-14)27-9-4/h11-12,15H,6-10,13H2,1-5H3,(H,22,25). The summed E-state index contributed by atoms with van der Waals surface area (Å²) in [7, 11) is 0. The van der Waals surface area contributed by atoms with E-state index in [1.165, 1.54) is 11.8 Å². The molecular weight excluding hydrogens is 406 g/mol. The van der Waals surface area contributed by atoms with Gasteiger partial charge >= 0.3 is 0 Å². The summed E-state index contributed by atoms with van der Waals surface area (Å²) >= 11 is 1.21. The highest BCUT2D eigenvalue weighted by molar-refractivity contribution is 7.99. The maximum Gasteiger partial charge on any atom is 0.277 e. The first-order valence-corrected chi connectivity index (χ1v) is 11.4. The van der Waals surface area contributed by atoms with Crippen molar-refractivity contribution in [1.82, 2.24) is 15.5 Å². The zero-order chi connectivity index (χ0) is 21.9. The SMILES string of the molecule is CCOc1cc(-c2nnc(SCC(=O)NC(CC)CC)o2)cc(OCC)c1OCC. The molecule has 0 aliphatic carbocycles. The maximum absolute atomic E-state index is 12.1. The van der Waals surface area contributed by atoms with Gasteiger partial charge in [0.05, 0.1) is 25.6 Å². The van der Waals surface area contributed by atoms with Gasteiger partial charge in [0.1, 0.15) is 0 Å².